The molecule has 2 heterocycles. The van der Waals surface area contributed by atoms with E-state index in [9.17, 15) is 9.59 Å². The minimum absolute atomic E-state index is 0.00685. The number of benzene rings is 2. The van der Waals surface area contributed by atoms with E-state index in [-0.39, 0.29) is 11.8 Å². The molecule has 2 aromatic carbocycles. The number of hydrogen-bond acceptors (Lipinski definition) is 5. The lowest BCUT2D eigenvalue weighted by Gasteiger charge is -2.35. The number of aromatic nitrogens is 1. The lowest BCUT2D eigenvalue weighted by atomic mass is 10.1. The number of carbonyl (C=O) groups excluding carboxylic acids is 2. The van der Waals surface area contributed by atoms with Crippen molar-refractivity contribution >= 4 is 23.3 Å². The highest BCUT2D eigenvalue weighted by atomic mass is 16.5. The molecule has 7 nitrogen and oxygen atoms in total. The molecular formula is C24H24N4O3. The van der Waals surface area contributed by atoms with E-state index in [0.717, 1.165) is 5.69 Å². The lowest BCUT2D eigenvalue weighted by molar-refractivity contribution is 0.0536. The first-order valence-electron chi connectivity index (χ1n) is 10.2. The molecule has 0 bridgehead atoms. The zero-order valence-corrected chi connectivity index (χ0v) is 17.3. The van der Waals surface area contributed by atoms with Crippen LogP contribution in [0.25, 0.3) is 0 Å². The van der Waals surface area contributed by atoms with E-state index in [0.29, 0.717) is 48.9 Å². The number of nitrogens with one attached hydrogen (secondary N) is 1. The summed E-state index contributed by atoms with van der Waals surface area (Å²) < 4.78 is 5.38. The van der Waals surface area contributed by atoms with Crippen molar-refractivity contribution in [1.29, 1.82) is 0 Å². The molecule has 7 heteroatoms. The summed E-state index contributed by atoms with van der Waals surface area (Å²) >= 11 is 0. The highest BCUT2D eigenvalue weighted by molar-refractivity contribution is 6.00. The molecule has 1 aromatic heterocycles. The van der Waals surface area contributed by atoms with E-state index in [4.69, 9.17) is 4.74 Å². The number of para-hydroxylation sites is 2. The van der Waals surface area contributed by atoms with Gasteiger partial charge in [0, 0.05) is 37.9 Å². The van der Waals surface area contributed by atoms with Crippen LogP contribution in [0.4, 0.5) is 11.5 Å². The molecule has 0 radical (unpaired) electrons. The van der Waals surface area contributed by atoms with Gasteiger partial charge in [-0.05, 0) is 36.4 Å². The van der Waals surface area contributed by atoms with Crippen LogP contribution in [0, 0.1) is 0 Å². The molecular weight excluding hydrogens is 392 g/mol. The molecule has 0 spiro atoms. The molecule has 1 aliphatic rings. The summed E-state index contributed by atoms with van der Waals surface area (Å²) in [5.74, 6) is 1.02. The van der Waals surface area contributed by atoms with Crippen LogP contribution in [-0.2, 0) is 0 Å². The van der Waals surface area contributed by atoms with Gasteiger partial charge in [-0.1, -0.05) is 30.3 Å². The Bertz CT molecular complexity index is 1060. The number of ether oxygens (including phenoxy) is 1. The topological polar surface area (TPSA) is 74.8 Å². The average Bonchev–Trinajstić information content (AvgIpc) is 2.84. The van der Waals surface area contributed by atoms with Gasteiger partial charge in [-0.25, -0.2) is 4.98 Å². The zero-order valence-electron chi connectivity index (χ0n) is 17.3. The first-order chi connectivity index (χ1) is 15.2. The zero-order chi connectivity index (χ0) is 21.6. The first kappa shape index (κ1) is 20.4. The molecule has 1 fully saturated rings. The third-order valence-corrected chi connectivity index (χ3v) is 5.27. The van der Waals surface area contributed by atoms with Crippen LogP contribution in [-0.4, -0.2) is 59.9 Å². The third kappa shape index (κ3) is 4.50. The quantitative estimate of drug-likeness (QED) is 0.690. The second-order valence-electron chi connectivity index (χ2n) is 7.18. The standard InChI is InChI=1S/C24H24N4O3/c1-31-21-12-6-5-11-20(21)26-22-19(10-7-13-25-22)24(30)28-16-14-27(15-17-28)23(29)18-8-3-2-4-9-18/h2-13H,14-17H2,1H3,(H,25,26). The number of amides is 2. The maximum atomic E-state index is 13.2. The van der Waals surface area contributed by atoms with Crippen LogP contribution >= 0.6 is 0 Å². The van der Waals surface area contributed by atoms with Gasteiger partial charge in [-0.2, -0.15) is 0 Å². The van der Waals surface area contributed by atoms with Crippen molar-refractivity contribution in [3.63, 3.8) is 0 Å². The molecule has 2 amide bonds. The fourth-order valence-corrected chi connectivity index (χ4v) is 3.60. The van der Waals surface area contributed by atoms with Gasteiger partial charge in [0.05, 0.1) is 18.4 Å². The monoisotopic (exact) mass is 416 g/mol. The first-order valence-corrected chi connectivity index (χ1v) is 10.2. The van der Waals surface area contributed by atoms with Crippen LogP contribution < -0.4 is 10.1 Å². The number of pyridine rings is 1. The number of hydrogen-bond donors (Lipinski definition) is 1. The highest BCUT2D eigenvalue weighted by Gasteiger charge is 2.27. The smallest absolute Gasteiger partial charge is 0.257 e. The molecule has 1 N–H and O–H groups in total. The summed E-state index contributed by atoms with van der Waals surface area (Å²) in [5, 5.41) is 3.21. The highest BCUT2D eigenvalue weighted by Crippen LogP contribution is 2.28. The number of anilines is 2. The molecule has 0 aliphatic carbocycles. The van der Waals surface area contributed by atoms with Gasteiger partial charge in [-0.15, -0.1) is 0 Å². The second-order valence-corrected chi connectivity index (χ2v) is 7.18. The molecule has 1 saturated heterocycles. The van der Waals surface area contributed by atoms with E-state index >= 15 is 0 Å². The molecule has 1 aliphatic heterocycles. The van der Waals surface area contributed by atoms with E-state index in [1.807, 2.05) is 54.6 Å². The minimum atomic E-state index is -0.114. The van der Waals surface area contributed by atoms with E-state index < -0.39 is 0 Å². The maximum absolute atomic E-state index is 13.2. The Morgan fingerprint density at radius 1 is 0.839 bits per heavy atom. The number of nitrogens with zero attached hydrogens (tertiary/aromatic N) is 3. The number of rotatable bonds is 5. The summed E-state index contributed by atoms with van der Waals surface area (Å²) in [6.45, 7) is 1.94. The van der Waals surface area contributed by atoms with Crippen LogP contribution in [0.1, 0.15) is 20.7 Å². The van der Waals surface area contributed by atoms with Gasteiger partial charge >= 0.3 is 0 Å². The van der Waals surface area contributed by atoms with E-state index in [2.05, 4.69) is 10.3 Å². The normalized spacial score (nSPS) is 13.6. The second kappa shape index (κ2) is 9.30. The molecule has 0 unspecified atom stereocenters. The fraction of sp³-hybridized carbons (Fsp3) is 0.208. The molecule has 0 saturated carbocycles. The van der Waals surface area contributed by atoms with Crippen molar-refractivity contribution in [2.45, 2.75) is 0 Å². The number of methoxy groups -OCH3 is 1. The van der Waals surface area contributed by atoms with Crippen molar-refractivity contribution in [1.82, 2.24) is 14.8 Å². The van der Waals surface area contributed by atoms with Crippen LogP contribution in [0.3, 0.4) is 0 Å². The maximum Gasteiger partial charge on any atom is 0.257 e. The van der Waals surface area contributed by atoms with E-state index in [1.165, 1.54) is 0 Å². The Morgan fingerprint density at radius 2 is 1.48 bits per heavy atom. The van der Waals surface area contributed by atoms with Crippen molar-refractivity contribution in [2.24, 2.45) is 0 Å². The number of piperazine rings is 1. The van der Waals surface area contributed by atoms with Gasteiger partial charge in [0.2, 0.25) is 0 Å². The van der Waals surface area contributed by atoms with Gasteiger partial charge in [-0.3, -0.25) is 9.59 Å². The van der Waals surface area contributed by atoms with Crippen LogP contribution in [0.2, 0.25) is 0 Å². The summed E-state index contributed by atoms with van der Waals surface area (Å²) in [6, 6.07) is 20.2. The van der Waals surface area contributed by atoms with Crippen molar-refractivity contribution in [3.8, 4) is 5.75 Å². The Kier molecular flexibility index (Phi) is 6.12. The van der Waals surface area contributed by atoms with E-state index in [1.54, 1.807) is 35.2 Å². The molecule has 3 aromatic rings. The van der Waals surface area contributed by atoms with Gasteiger partial charge in [0.25, 0.3) is 11.8 Å². The minimum Gasteiger partial charge on any atom is -0.495 e. The SMILES string of the molecule is COc1ccccc1Nc1ncccc1C(=O)N1CCN(C(=O)c2ccccc2)CC1. The van der Waals surface area contributed by atoms with Crippen molar-refractivity contribution < 1.29 is 14.3 Å². The molecule has 4 rings (SSSR count). The Morgan fingerprint density at radius 3 is 2.19 bits per heavy atom. The summed E-state index contributed by atoms with van der Waals surface area (Å²) in [6.07, 6.45) is 1.64. The largest absolute Gasteiger partial charge is 0.495 e. The fourth-order valence-electron chi connectivity index (χ4n) is 3.60. The summed E-state index contributed by atoms with van der Waals surface area (Å²) in [5.41, 5.74) is 1.88. The molecule has 0 atom stereocenters. The summed E-state index contributed by atoms with van der Waals surface area (Å²) in [7, 11) is 1.60. The van der Waals surface area contributed by atoms with Gasteiger partial charge in [0.1, 0.15) is 11.6 Å². The Hall–Kier alpha value is -3.87. The Balaban J connectivity index is 1.46. The summed E-state index contributed by atoms with van der Waals surface area (Å²) in [4.78, 5) is 33.8. The average molecular weight is 416 g/mol. The van der Waals surface area contributed by atoms with Crippen molar-refractivity contribution in [3.05, 3.63) is 84.1 Å². The lowest BCUT2D eigenvalue weighted by Crippen LogP contribution is -2.50. The van der Waals surface area contributed by atoms with Gasteiger partial charge in [0.15, 0.2) is 0 Å². The van der Waals surface area contributed by atoms with Crippen molar-refractivity contribution in [2.75, 3.05) is 38.6 Å². The molecule has 31 heavy (non-hydrogen) atoms. The Labute approximate surface area is 181 Å². The predicted molar refractivity (Wildman–Crippen MR) is 119 cm³/mol. The number of carbonyl (C=O) groups is 2. The third-order valence-electron chi connectivity index (χ3n) is 5.27. The van der Waals surface area contributed by atoms with Crippen LogP contribution in [0.15, 0.2) is 72.9 Å². The predicted octanol–water partition coefficient (Wildman–Crippen LogP) is 3.43. The molecule has 158 valence electrons. The van der Waals surface area contributed by atoms with Crippen LogP contribution in [0.5, 0.6) is 5.75 Å². The van der Waals surface area contributed by atoms with Gasteiger partial charge < -0.3 is 19.9 Å².